The van der Waals surface area contributed by atoms with Crippen molar-refractivity contribution in [1.29, 1.82) is 0 Å². The summed E-state index contributed by atoms with van der Waals surface area (Å²) in [5, 5.41) is 0. The van der Waals surface area contributed by atoms with E-state index < -0.39 is 12.0 Å². The average Bonchev–Trinajstić information content (AvgIpc) is 2.30. The van der Waals surface area contributed by atoms with Crippen LogP contribution in [0, 0.1) is 0 Å². The minimum atomic E-state index is -0.740. The highest BCUT2D eigenvalue weighted by atomic mass is 16.5. The van der Waals surface area contributed by atoms with E-state index in [0.29, 0.717) is 5.56 Å². The molecule has 1 aromatic heterocycles. The van der Waals surface area contributed by atoms with E-state index in [2.05, 4.69) is 9.72 Å². The Bertz CT molecular complexity index is 378. The van der Waals surface area contributed by atoms with Gasteiger partial charge in [0.2, 0.25) is 5.91 Å². The molecule has 0 fully saturated rings. The first-order chi connectivity index (χ1) is 7.57. The summed E-state index contributed by atoms with van der Waals surface area (Å²) < 4.78 is 4.68. The molecule has 1 aromatic rings. The van der Waals surface area contributed by atoms with Crippen LogP contribution < -0.4 is 0 Å². The number of carbonyl (C=O) groups excluding carboxylic acids is 2. The Morgan fingerprint density at radius 2 is 2.19 bits per heavy atom. The summed E-state index contributed by atoms with van der Waals surface area (Å²) in [6.45, 7) is 1.40. The highest BCUT2D eigenvalue weighted by molar-refractivity contribution is 5.84. The van der Waals surface area contributed by atoms with Crippen LogP contribution in [0.1, 0.15) is 18.5 Å². The Morgan fingerprint density at radius 1 is 1.50 bits per heavy atom. The number of amides is 1. The van der Waals surface area contributed by atoms with E-state index in [-0.39, 0.29) is 5.91 Å². The number of hydrogen-bond acceptors (Lipinski definition) is 4. The van der Waals surface area contributed by atoms with Gasteiger partial charge in [0.05, 0.1) is 7.11 Å². The van der Waals surface area contributed by atoms with Crippen LogP contribution in [0.15, 0.2) is 24.5 Å². The zero-order chi connectivity index (χ0) is 12.1. The molecule has 0 N–H and O–H groups in total. The third-order valence-corrected chi connectivity index (χ3v) is 2.31. The predicted octanol–water partition coefficient (Wildman–Crippen LogP) is 0.774. The smallest absolute Gasteiger partial charge is 0.333 e. The molecule has 0 radical (unpaired) electrons. The van der Waals surface area contributed by atoms with Crippen LogP contribution in [0.5, 0.6) is 0 Å². The molecule has 1 atom stereocenters. The molecule has 16 heavy (non-hydrogen) atoms. The number of ether oxygens (including phenoxy) is 1. The van der Waals surface area contributed by atoms with Crippen LogP contribution in [0.3, 0.4) is 0 Å². The molecule has 0 aliphatic carbocycles. The summed E-state index contributed by atoms with van der Waals surface area (Å²) in [5.41, 5.74) is 0.632. The monoisotopic (exact) mass is 222 g/mol. The summed E-state index contributed by atoms with van der Waals surface area (Å²) in [7, 11) is 2.84. The first kappa shape index (κ1) is 12.2. The van der Waals surface area contributed by atoms with E-state index in [9.17, 15) is 9.59 Å². The Labute approximate surface area is 94.0 Å². The first-order valence-corrected chi connectivity index (χ1v) is 4.79. The SMILES string of the molecule is COC(=O)C(c1cccnc1)N(C)C(C)=O. The molecule has 0 aromatic carbocycles. The molecule has 1 rings (SSSR count). The second kappa shape index (κ2) is 5.25. The largest absolute Gasteiger partial charge is 0.467 e. The van der Waals surface area contributed by atoms with Gasteiger partial charge >= 0.3 is 5.97 Å². The molecule has 1 unspecified atom stereocenters. The van der Waals surface area contributed by atoms with Gasteiger partial charge in [-0.25, -0.2) is 4.79 Å². The van der Waals surface area contributed by atoms with Gasteiger partial charge in [-0.1, -0.05) is 6.07 Å². The zero-order valence-corrected chi connectivity index (χ0v) is 9.51. The van der Waals surface area contributed by atoms with Gasteiger partial charge in [0.25, 0.3) is 0 Å². The maximum absolute atomic E-state index is 11.6. The van der Waals surface area contributed by atoms with Crippen molar-refractivity contribution in [2.24, 2.45) is 0 Å². The average molecular weight is 222 g/mol. The topological polar surface area (TPSA) is 59.5 Å². The highest BCUT2D eigenvalue weighted by Gasteiger charge is 2.27. The number of pyridine rings is 1. The molecule has 5 nitrogen and oxygen atoms in total. The standard InChI is InChI=1S/C11H14N2O3/c1-8(14)13(2)10(11(15)16-3)9-5-4-6-12-7-9/h4-7,10H,1-3H3. The van der Waals surface area contributed by atoms with Gasteiger partial charge in [-0.15, -0.1) is 0 Å². The summed E-state index contributed by atoms with van der Waals surface area (Å²) >= 11 is 0. The lowest BCUT2D eigenvalue weighted by Gasteiger charge is -2.24. The fraction of sp³-hybridized carbons (Fsp3) is 0.364. The fourth-order valence-electron chi connectivity index (χ4n) is 1.35. The molecule has 0 saturated heterocycles. The van der Waals surface area contributed by atoms with Gasteiger partial charge in [0.15, 0.2) is 6.04 Å². The number of hydrogen-bond donors (Lipinski definition) is 0. The van der Waals surface area contributed by atoms with Crippen LogP contribution in [0.2, 0.25) is 0 Å². The first-order valence-electron chi connectivity index (χ1n) is 4.79. The van der Waals surface area contributed by atoms with Crippen molar-refractivity contribution in [3.8, 4) is 0 Å². The van der Waals surface area contributed by atoms with Crippen molar-refractivity contribution in [1.82, 2.24) is 9.88 Å². The van der Waals surface area contributed by atoms with Crippen molar-refractivity contribution in [3.05, 3.63) is 30.1 Å². The Morgan fingerprint density at radius 3 is 2.62 bits per heavy atom. The predicted molar refractivity (Wildman–Crippen MR) is 57.4 cm³/mol. The van der Waals surface area contributed by atoms with Crippen molar-refractivity contribution in [2.75, 3.05) is 14.2 Å². The van der Waals surface area contributed by atoms with E-state index in [4.69, 9.17) is 0 Å². The van der Waals surface area contributed by atoms with E-state index in [1.807, 2.05) is 0 Å². The van der Waals surface area contributed by atoms with Gasteiger partial charge in [0, 0.05) is 31.9 Å². The number of rotatable bonds is 3. The van der Waals surface area contributed by atoms with Crippen molar-refractivity contribution < 1.29 is 14.3 Å². The third kappa shape index (κ3) is 2.56. The van der Waals surface area contributed by atoms with E-state index in [1.165, 1.54) is 18.9 Å². The lowest BCUT2D eigenvalue weighted by atomic mass is 10.1. The molecule has 0 bridgehead atoms. The number of carbonyl (C=O) groups is 2. The normalized spacial score (nSPS) is 11.7. The molecular weight excluding hydrogens is 208 g/mol. The molecule has 1 amide bonds. The fourth-order valence-corrected chi connectivity index (χ4v) is 1.35. The molecular formula is C11H14N2O3. The lowest BCUT2D eigenvalue weighted by molar-refractivity contribution is -0.151. The number of esters is 1. The summed E-state index contributed by atoms with van der Waals surface area (Å²) in [6, 6.07) is 2.70. The number of likely N-dealkylation sites (N-methyl/N-ethyl adjacent to an activating group) is 1. The lowest BCUT2D eigenvalue weighted by Crippen LogP contribution is -2.35. The quantitative estimate of drug-likeness (QED) is 0.709. The second-order valence-corrected chi connectivity index (χ2v) is 3.34. The van der Waals surface area contributed by atoms with Gasteiger partial charge in [0.1, 0.15) is 0 Å². The summed E-state index contributed by atoms with van der Waals surface area (Å²) in [6.07, 6.45) is 3.15. The van der Waals surface area contributed by atoms with Gasteiger partial charge < -0.3 is 9.64 Å². The Hall–Kier alpha value is -1.91. The van der Waals surface area contributed by atoms with Crippen molar-refractivity contribution >= 4 is 11.9 Å². The third-order valence-electron chi connectivity index (χ3n) is 2.31. The number of methoxy groups -OCH3 is 1. The molecule has 0 spiro atoms. The number of aromatic nitrogens is 1. The van der Waals surface area contributed by atoms with Crippen LogP contribution in [-0.2, 0) is 14.3 Å². The summed E-state index contributed by atoms with van der Waals surface area (Å²) in [4.78, 5) is 28.1. The molecule has 0 aliphatic heterocycles. The van der Waals surface area contributed by atoms with Gasteiger partial charge in [-0.3, -0.25) is 9.78 Å². The van der Waals surface area contributed by atoms with E-state index >= 15 is 0 Å². The molecule has 5 heteroatoms. The minimum Gasteiger partial charge on any atom is -0.467 e. The molecule has 0 saturated carbocycles. The molecule has 0 aliphatic rings. The summed E-state index contributed by atoms with van der Waals surface area (Å²) in [5.74, 6) is -0.690. The minimum absolute atomic E-state index is 0.209. The Kier molecular flexibility index (Phi) is 3.99. The maximum atomic E-state index is 11.6. The molecule has 86 valence electrons. The second-order valence-electron chi connectivity index (χ2n) is 3.34. The molecule has 1 heterocycles. The van der Waals surface area contributed by atoms with Gasteiger partial charge in [-0.05, 0) is 6.07 Å². The van der Waals surface area contributed by atoms with Gasteiger partial charge in [-0.2, -0.15) is 0 Å². The van der Waals surface area contributed by atoms with E-state index in [0.717, 1.165) is 0 Å². The Balaban J connectivity index is 3.06. The van der Waals surface area contributed by atoms with Crippen molar-refractivity contribution in [2.45, 2.75) is 13.0 Å². The highest BCUT2D eigenvalue weighted by Crippen LogP contribution is 2.19. The van der Waals surface area contributed by atoms with Crippen molar-refractivity contribution in [3.63, 3.8) is 0 Å². The van der Waals surface area contributed by atoms with Crippen LogP contribution >= 0.6 is 0 Å². The zero-order valence-electron chi connectivity index (χ0n) is 9.51. The van der Waals surface area contributed by atoms with Crippen LogP contribution in [-0.4, -0.2) is 35.9 Å². The maximum Gasteiger partial charge on any atom is 0.333 e. The van der Waals surface area contributed by atoms with Crippen LogP contribution in [0.25, 0.3) is 0 Å². The number of nitrogens with zero attached hydrogens (tertiary/aromatic N) is 2. The van der Waals surface area contributed by atoms with Crippen LogP contribution in [0.4, 0.5) is 0 Å². The van der Waals surface area contributed by atoms with E-state index in [1.54, 1.807) is 31.6 Å².